The summed E-state index contributed by atoms with van der Waals surface area (Å²) >= 11 is 0. The zero-order valence-electron chi connectivity index (χ0n) is 12.9. The lowest BCUT2D eigenvalue weighted by Crippen LogP contribution is -2.05. The molecule has 0 heterocycles. The van der Waals surface area contributed by atoms with Crippen LogP contribution in [0, 0.1) is 0 Å². The molecule has 0 radical (unpaired) electrons. The lowest BCUT2D eigenvalue weighted by molar-refractivity contribution is -0.132. The molecule has 0 aliphatic rings. The minimum Gasteiger partial charge on any atom is -0.493 e. The zero-order valence-corrected chi connectivity index (χ0v) is 12.9. The molecule has 0 saturated carbocycles. The summed E-state index contributed by atoms with van der Waals surface area (Å²) in [5.41, 5.74) is 1.04. The van der Waals surface area contributed by atoms with E-state index in [9.17, 15) is 4.79 Å². The highest BCUT2D eigenvalue weighted by molar-refractivity contribution is 5.70. The second-order valence-electron chi connectivity index (χ2n) is 4.82. The quantitative estimate of drug-likeness (QED) is 0.573. The van der Waals surface area contributed by atoms with Gasteiger partial charge in [-0.25, -0.2) is 0 Å². The van der Waals surface area contributed by atoms with E-state index in [1.54, 1.807) is 18.2 Å². The van der Waals surface area contributed by atoms with Crippen LogP contribution in [0.1, 0.15) is 25.8 Å². The van der Waals surface area contributed by atoms with Crippen LogP contribution in [-0.4, -0.2) is 12.6 Å². The number of carbonyl (C=O) groups is 1. The Morgan fingerprint density at radius 3 is 2.45 bits per heavy atom. The summed E-state index contributed by atoms with van der Waals surface area (Å²) in [5, 5.41) is 0. The summed E-state index contributed by atoms with van der Waals surface area (Å²) in [6.45, 7) is 4.43. The number of esters is 1. The van der Waals surface area contributed by atoms with Gasteiger partial charge in [0.05, 0.1) is 6.61 Å². The van der Waals surface area contributed by atoms with Crippen molar-refractivity contribution in [2.24, 2.45) is 0 Å². The molecule has 0 bridgehead atoms. The lowest BCUT2D eigenvalue weighted by Gasteiger charge is -2.13. The van der Waals surface area contributed by atoms with E-state index in [2.05, 4.69) is 0 Å². The molecule has 2 aromatic carbocycles. The molecule has 0 atom stereocenters. The number of hydrogen-bond acceptors (Lipinski definition) is 4. The van der Waals surface area contributed by atoms with Gasteiger partial charge in [0.1, 0.15) is 12.4 Å². The van der Waals surface area contributed by atoms with E-state index >= 15 is 0 Å². The fourth-order valence-corrected chi connectivity index (χ4v) is 1.89. The average Bonchev–Trinajstić information content (AvgIpc) is 2.53. The van der Waals surface area contributed by atoms with Crippen LogP contribution in [0.2, 0.25) is 0 Å². The molecule has 116 valence electrons. The van der Waals surface area contributed by atoms with Crippen LogP contribution in [0.25, 0.3) is 0 Å². The smallest absolute Gasteiger partial charge is 0.308 e. The maximum Gasteiger partial charge on any atom is 0.308 e. The van der Waals surface area contributed by atoms with E-state index in [1.165, 1.54) is 6.92 Å². The molecule has 4 nitrogen and oxygen atoms in total. The number of rotatable bonds is 7. The predicted octanol–water partition coefficient (Wildman–Crippen LogP) is 3.98. The third-order valence-corrected chi connectivity index (χ3v) is 2.88. The third kappa shape index (κ3) is 4.81. The van der Waals surface area contributed by atoms with Crippen molar-refractivity contribution in [2.45, 2.75) is 26.9 Å². The second kappa shape index (κ2) is 8.08. The molecule has 22 heavy (non-hydrogen) atoms. The molecule has 0 spiro atoms. The Labute approximate surface area is 130 Å². The van der Waals surface area contributed by atoms with Crippen molar-refractivity contribution in [3.05, 3.63) is 54.1 Å². The highest BCUT2D eigenvalue weighted by atomic mass is 16.6. The average molecular weight is 300 g/mol. The van der Waals surface area contributed by atoms with Crippen molar-refractivity contribution in [3.63, 3.8) is 0 Å². The highest BCUT2D eigenvalue weighted by Crippen LogP contribution is 2.32. The first-order valence-electron chi connectivity index (χ1n) is 7.31. The van der Waals surface area contributed by atoms with Crippen LogP contribution in [-0.2, 0) is 11.4 Å². The van der Waals surface area contributed by atoms with Gasteiger partial charge >= 0.3 is 5.97 Å². The molecule has 0 unspecified atom stereocenters. The molecule has 0 aliphatic carbocycles. The summed E-state index contributed by atoms with van der Waals surface area (Å²) in [5.74, 6) is 1.20. The monoisotopic (exact) mass is 300 g/mol. The van der Waals surface area contributed by atoms with Crippen LogP contribution < -0.4 is 14.2 Å². The SMILES string of the molecule is CCCOc1ccc(OC(C)=O)c(OCc2ccccc2)c1. The molecule has 0 fully saturated rings. The largest absolute Gasteiger partial charge is 0.493 e. The minimum atomic E-state index is -0.383. The number of benzene rings is 2. The Kier molecular flexibility index (Phi) is 5.83. The Balaban J connectivity index is 2.14. The summed E-state index contributed by atoms with van der Waals surface area (Å²) < 4.78 is 16.5. The van der Waals surface area contributed by atoms with E-state index in [0.717, 1.165) is 12.0 Å². The van der Waals surface area contributed by atoms with Gasteiger partial charge in [0.15, 0.2) is 11.5 Å². The second-order valence-corrected chi connectivity index (χ2v) is 4.82. The fraction of sp³-hybridized carbons (Fsp3) is 0.278. The van der Waals surface area contributed by atoms with Gasteiger partial charge in [-0.05, 0) is 24.1 Å². The van der Waals surface area contributed by atoms with Crippen molar-refractivity contribution in [2.75, 3.05) is 6.61 Å². The van der Waals surface area contributed by atoms with Crippen LogP contribution >= 0.6 is 0 Å². The summed E-state index contributed by atoms with van der Waals surface area (Å²) in [4.78, 5) is 11.2. The van der Waals surface area contributed by atoms with Crippen molar-refractivity contribution in [1.82, 2.24) is 0 Å². The topological polar surface area (TPSA) is 44.8 Å². The Hall–Kier alpha value is -2.49. The molecule has 2 aromatic rings. The first-order valence-corrected chi connectivity index (χ1v) is 7.31. The molecule has 2 rings (SSSR count). The van der Waals surface area contributed by atoms with Gasteiger partial charge in [0, 0.05) is 13.0 Å². The maximum absolute atomic E-state index is 11.2. The molecule has 0 aliphatic heterocycles. The van der Waals surface area contributed by atoms with E-state index in [1.807, 2.05) is 37.3 Å². The standard InChI is InChI=1S/C18H20O4/c1-3-11-20-16-9-10-17(22-14(2)19)18(12-16)21-13-15-7-5-4-6-8-15/h4-10,12H,3,11,13H2,1-2H3. The van der Waals surface area contributed by atoms with Crippen molar-refractivity contribution in [1.29, 1.82) is 0 Å². The molecule has 0 N–H and O–H groups in total. The third-order valence-electron chi connectivity index (χ3n) is 2.88. The van der Waals surface area contributed by atoms with Crippen LogP contribution in [0.5, 0.6) is 17.2 Å². The molecular weight excluding hydrogens is 280 g/mol. The van der Waals surface area contributed by atoms with E-state index in [4.69, 9.17) is 14.2 Å². The zero-order chi connectivity index (χ0) is 15.8. The van der Waals surface area contributed by atoms with Crippen molar-refractivity contribution in [3.8, 4) is 17.2 Å². The van der Waals surface area contributed by atoms with E-state index < -0.39 is 0 Å². The molecule has 0 saturated heterocycles. The summed E-state index contributed by atoms with van der Waals surface area (Å²) in [6.07, 6.45) is 0.923. The molecule has 0 amide bonds. The Bertz CT molecular complexity index is 608. The lowest BCUT2D eigenvalue weighted by atomic mass is 10.2. The van der Waals surface area contributed by atoms with Crippen molar-refractivity contribution < 1.29 is 19.0 Å². The highest BCUT2D eigenvalue weighted by Gasteiger charge is 2.10. The number of hydrogen-bond donors (Lipinski definition) is 0. The van der Waals surface area contributed by atoms with Crippen LogP contribution in [0.15, 0.2) is 48.5 Å². The normalized spacial score (nSPS) is 10.1. The molecular formula is C18H20O4. The van der Waals surface area contributed by atoms with E-state index in [-0.39, 0.29) is 5.97 Å². The first-order chi connectivity index (χ1) is 10.7. The minimum absolute atomic E-state index is 0.383. The number of ether oxygens (including phenoxy) is 3. The van der Waals surface area contributed by atoms with Gasteiger partial charge < -0.3 is 14.2 Å². The Morgan fingerprint density at radius 1 is 1.00 bits per heavy atom. The van der Waals surface area contributed by atoms with Gasteiger partial charge in [-0.2, -0.15) is 0 Å². The predicted molar refractivity (Wildman–Crippen MR) is 84.3 cm³/mol. The first kappa shape index (κ1) is 15.9. The maximum atomic E-state index is 11.2. The van der Waals surface area contributed by atoms with Crippen LogP contribution in [0.3, 0.4) is 0 Å². The van der Waals surface area contributed by atoms with Gasteiger partial charge in [0.25, 0.3) is 0 Å². The number of carbonyl (C=O) groups excluding carboxylic acids is 1. The fourth-order valence-electron chi connectivity index (χ4n) is 1.89. The summed E-state index contributed by atoms with van der Waals surface area (Å²) in [6, 6.07) is 15.0. The van der Waals surface area contributed by atoms with Gasteiger partial charge in [-0.1, -0.05) is 37.3 Å². The summed E-state index contributed by atoms with van der Waals surface area (Å²) in [7, 11) is 0. The van der Waals surface area contributed by atoms with Crippen LogP contribution in [0.4, 0.5) is 0 Å². The van der Waals surface area contributed by atoms with Gasteiger partial charge in [0.2, 0.25) is 0 Å². The van der Waals surface area contributed by atoms with Crippen molar-refractivity contribution >= 4 is 5.97 Å². The molecule has 0 aromatic heterocycles. The van der Waals surface area contributed by atoms with E-state index in [0.29, 0.717) is 30.5 Å². The van der Waals surface area contributed by atoms with Gasteiger partial charge in [-0.15, -0.1) is 0 Å². The Morgan fingerprint density at radius 2 is 1.77 bits per heavy atom. The van der Waals surface area contributed by atoms with Gasteiger partial charge in [-0.3, -0.25) is 4.79 Å². The molecule has 4 heteroatoms.